The molecule has 0 bridgehead atoms. The van der Waals surface area contributed by atoms with E-state index in [1.54, 1.807) is 66.7 Å². The second-order valence-electron chi connectivity index (χ2n) is 7.03. The molecule has 3 aromatic rings. The maximum atomic E-state index is 13.2. The zero-order valence-corrected chi connectivity index (χ0v) is 16.9. The van der Waals surface area contributed by atoms with E-state index in [1.807, 2.05) is 18.2 Å². The number of Topliss-reactive ketones (excluding diaryl/α,β-unsaturated/α-hetero) is 1. The van der Waals surface area contributed by atoms with E-state index >= 15 is 0 Å². The first kappa shape index (κ1) is 20.5. The molecule has 31 heavy (non-hydrogen) atoms. The molecule has 4 rings (SSSR count). The molecule has 0 aromatic heterocycles. The van der Waals surface area contributed by atoms with Crippen molar-refractivity contribution in [1.82, 2.24) is 0 Å². The van der Waals surface area contributed by atoms with Crippen LogP contribution >= 0.6 is 0 Å². The number of oxime groups is 1. The molecule has 0 amide bonds. The molecule has 0 saturated carbocycles. The van der Waals surface area contributed by atoms with Crippen LogP contribution in [0.4, 0.5) is 5.69 Å². The van der Waals surface area contributed by atoms with Crippen molar-refractivity contribution in [2.45, 2.75) is 0 Å². The van der Waals surface area contributed by atoms with Gasteiger partial charge in [-0.1, -0.05) is 53.7 Å². The molecule has 0 atom stereocenters. The molecule has 1 aliphatic rings. The van der Waals surface area contributed by atoms with Gasteiger partial charge in [-0.3, -0.25) is 4.79 Å². The van der Waals surface area contributed by atoms with Crippen molar-refractivity contribution in [1.29, 1.82) is 0 Å². The molecule has 0 aliphatic carbocycles. The third kappa shape index (κ3) is 5.05. The van der Waals surface area contributed by atoms with Gasteiger partial charge >= 0.3 is 5.97 Å². The van der Waals surface area contributed by atoms with E-state index in [9.17, 15) is 9.59 Å². The predicted octanol–water partition coefficient (Wildman–Crippen LogP) is 3.97. The topological polar surface area (TPSA) is 68.2 Å². The lowest BCUT2D eigenvalue weighted by Gasteiger charge is -2.28. The Kier molecular flexibility index (Phi) is 6.50. The van der Waals surface area contributed by atoms with Crippen LogP contribution in [0.3, 0.4) is 0 Å². The fourth-order valence-electron chi connectivity index (χ4n) is 3.32. The maximum Gasteiger partial charge on any atom is 0.365 e. The summed E-state index contributed by atoms with van der Waals surface area (Å²) in [5.74, 6) is -0.940. The Morgan fingerprint density at radius 3 is 1.94 bits per heavy atom. The highest BCUT2D eigenvalue weighted by Crippen LogP contribution is 2.18. The molecule has 0 N–H and O–H groups in total. The zero-order chi connectivity index (χ0) is 21.5. The van der Waals surface area contributed by atoms with Crippen molar-refractivity contribution in [2.75, 3.05) is 31.2 Å². The van der Waals surface area contributed by atoms with Gasteiger partial charge < -0.3 is 14.5 Å². The smallest absolute Gasteiger partial charge is 0.365 e. The maximum absolute atomic E-state index is 13.2. The first-order valence-corrected chi connectivity index (χ1v) is 10.1. The van der Waals surface area contributed by atoms with Crippen LogP contribution in [0.1, 0.15) is 26.3 Å². The molecule has 1 saturated heterocycles. The Labute approximate surface area is 180 Å². The summed E-state index contributed by atoms with van der Waals surface area (Å²) < 4.78 is 5.39. The molecule has 0 unspecified atom stereocenters. The van der Waals surface area contributed by atoms with Crippen LogP contribution in [0.5, 0.6) is 0 Å². The van der Waals surface area contributed by atoms with Gasteiger partial charge in [0.25, 0.3) is 0 Å². The lowest BCUT2D eigenvalue weighted by molar-refractivity contribution is 0.0516. The van der Waals surface area contributed by atoms with E-state index in [0.717, 1.165) is 18.8 Å². The average Bonchev–Trinajstić information content (AvgIpc) is 2.86. The van der Waals surface area contributed by atoms with Gasteiger partial charge in [-0.2, -0.15) is 0 Å². The number of hydrogen-bond acceptors (Lipinski definition) is 6. The number of rotatable bonds is 6. The fraction of sp³-hybridized carbons (Fsp3) is 0.160. The molecule has 0 radical (unpaired) electrons. The summed E-state index contributed by atoms with van der Waals surface area (Å²) in [5.41, 5.74) is 2.51. The van der Waals surface area contributed by atoms with Crippen LogP contribution in [0.2, 0.25) is 0 Å². The normalized spacial score (nSPS) is 14.2. The number of ketones is 1. The van der Waals surface area contributed by atoms with E-state index in [1.165, 1.54) is 0 Å². The molecule has 3 aromatic carbocycles. The van der Waals surface area contributed by atoms with Crippen LogP contribution in [0.25, 0.3) is 0 Å². The van der Waals surface area contributed by atoms with Crippen molar-refractivity contribution in [2.24, 2.45) is 5.16 Å². The Hall–Kier alpha value is -3.77. The summed E-state index contributed by atoms with van der Waals surface area (Å²) >= 11 is 0. The zero-order valence-electron chi connectivity index (χ0n) is 16.9. The summed E-state index contributed by atoms with van der Waals surface area (Å²) in [4.78, 5) is 32.9. The van der Waals surface area contributed by atoms with Gasteiger partial charge in [0.1, 0.15) is 0 Å². The molecule has 1 fully saturated rings. The van der Waals surface area contributed by atoms with Gasteiger partial charge in [-0.25, -0.2) is 4.79 Å². The second kappa shape index (κ2) is 9.82. The number of ether oxygens (including phenoxy) is 1. The highest BCUT2D eigenvalue weighted by Gasteiger charge is 2.19. The Morgan fingerprint density at radius 2 is 1.32 bits per heavy atom. The number of carbonyl (C=O) groups excluding carboxylic acids is 2. The number of hydrogen-bond donors (Lipinski definition) is 0. The number of benzene rings is 3. The Morgan fingerprint density at radius 1 is 0.742 bits per heavy atom. The van der Waals surface area contributed by atoms with Crippen LogP contribution in [0, 0.1) is 0 Å². The summed E-state index contributed by atoms with van der Waals surface area (Å²) in [6.45, 7) is 3.02. The van der Waals surface area contributed by atoms with Gasteiger partial charge in [0.05, 0.1) is 18.8 Å². The third-order valence-electron chi connectivity index (χ3n) is 5.00. The highest BCUT2D eigenvalue weighted by atomic mass is 16.7. The minimum absolute atomic E-state index is 0.0732. The van der Waals surface area contributed by atoms with E-state index < -0.39 is 5.97 Å². The minimum Gasteiger partial charge on any atom is -0.378 e. The molecule has 6 heteroatoms. The fourth-order valence-corrected chi connectivity index (χ4v) is 3.32. The van der Waals surface area contributed by atoms with Crippen LogP contribution in [-0.2, 0) is 9.57 Å². The first-order chi connectivity index (χ1) is 15.2. The number of nitrogens with zero attached hydrogens (tertiary/aromatic N) is 2. The SMILES string of the molecule is O=C(ON=C(C(=O)c1ccc(N2CCOCC2)cc1)c1ccccc1)c1ccccc1. The van der Waals surface area contributed by atoms with Crippen molar-refractivity contribution in [3.8, 4) is 0 Å². The molecule has 156 valence electrons. The van der Waals surface area contributed by atoms with Gasteiger partial charge in [-0.15, -0.1) is 0 Å². The Balaban J connectivity index is 1.57. The minimum atomic E-state index is -0.621. The lowest BCUT2D eigenvalue weighted by Crippen LogP contribution is -2.36. The quantitative estimate of drug-likeness (QED) is 0.264. The summed E-state index contributed by atoms with van der Waals surface area (Å²) in [5, 5.41) is 3.95. The van der Waals surface area contributed by atoms with Gasteiger partial charge in [0.15, 0.2) is 5.71 Å². The molecule has 1 aliphatic heterocycles. The molecule has 1 heterocycles. The monoisotopic (exact) mass is 414 g/mol. The van der Waals surface area contributed by atoms with Crippen LogP contribution < -0.4 is 4.90 Å². The van der Waals surface area contributed by atoms with Crippen molar-refractivity contribution in [3.63, 3.8) is 0 Å². The largest absolute Gasteiger partial charge is 0.378 e. The number of morpholine rings is 1. The first-order valence-electron chi connectivity index (χ1n) is 10.1. The van der Waals surface area contributed by atoms with Gasteiger partial charge in [-0.05, 0) is 36.4 Å². The van der Waals surface area contributed by atoms with Crippen molar-refractivity contribution in [3.05, 3.63) is 102 Å². The van der Waals surface area contributed by atoms with E-state index in [0.29, 0.717) is 29.9 Å². The number of anilines is 1. The van der Waals surface area contributed by atoms with Crippen molar-refractivity contribution >= 4 is 23.2 Å². The lowest BCUT2D eigenvalue weighted by atomic mass is 10.0. The van der Waals surface area contributed by atoms with Crippen LogP contribution in [0.15, 0.2) is 90.1 Å². The van der Waals surface area contributed by atoms with Gasteiger partial charge in [0.2, 0.25) is 5.78 Å². The highest BCUT2D eigenvalue weighted by molar-refractivity contribution is 6.51. The van der Waals surface area contributed by atoms with Gasteiger partial charge in [0, 0.05) is 29.9 Å². The molecule has 0 spiro atoms. The molecule has 6 nitrogen and oxygen atoms in total. The summed E-state index contributed by atoms with van der Waals surface area (Å²) in [6, 6.07) is 24.9. The predicted molar refractivity (Wildman–Crippen MR) is 119 cm³/mol. The summed E-state index contributed by atoms with van der Waals surface area (Å²) in [7, 11) is 0. The van der Waals surface area contributed by atoms with Crippen molar-refractivity contribution < 1.29 is 19.2 Å². The molecular weight excluding hydrogens is 392 g/mol. The van der Waals surface area contributed by atoms with E-state index in [4.69, 9.17) is 9.57 Å². The Bertz CT molecular complexity index is 1060. The van der Waals surface area contributed by atoms with E-state index in [-0.39, 0.29) is 11.5 Å². The molecular formula is C25H22N2O4. The standard InChI is InChI=1S/C25H22N2O4/c28-24(20-11-13-22(14-12-20)27-15-17-30-18-16-27)23(19-7-3-1-4-8-19)26-31-25(29)21-9-5-2-6-10-21/h1-14H,15-18H2. The second-order valence-corrected chi connectivity index (χ2v) is 7.03. The average molecular weight is 414 g/mol. The summed E-state index contributed by atoms with van der Waals surface area (Å²) in [6.07, 6.45) is 0. The number of carbonyl (C=O) groups is 2. The van der Waals surface area contributed by atoms with E-state index in [2.05, 4.69) is 10.1 Å². The van der Waals surface area contributed by atoms with Crippen LogP contribution in [-0.4, -0.2) is 43.8 Å². The third-order valence-corrected chi connectivity index (χ3v) is 5.00.